The summed E-state index contributed by atoms with van der Waals surface area (Å²) in [4.78, 5) is 22.5. The van der Waals surface area contributed by atoms with E-state index in [2.05, 4.69) is 15.9 Å². The number of ether oxygens (including phenoxy) is 1. The van der Waals surface area contributed by atoms with Crippen molar-refractivity contribution in [3.8, 4) is 16.9 Å². The van der Waals surface area contributed by atoms with Gasteiger partial charge in [-0.15, -0.1) is 0 Å². The minimum atomic E-state index is -1.13. The van der Waals surface area contributed by atoms with Crippen LogP contribution in [0.5, 0.6) is 5.75 Å². The fourth-order valence-corrected chi connectivity index (χ4v) is 2.33. The van der Waals surface area contributed by atoms with Crippen LogP contribution in [-0.2, 0) is 10.1 Å². The van der Waals surface area contributed by atoms with Gasteiger partial charge in [-0.2, -0.15) is 0 Å². The first-order valence-corrected chi connectivity index (χ1v) is 7.35. The van der Waals surface area contributed by atoms with Crippen LogP contribution in [0.2, 0.25) is 0 Å². The maximum absolute atomic E-state index is 11.3. The lowest BCUT2D eigenvalue weighted by Gasteiger charge is -2.12. The van der Waals surface area contributed by atoms with Crippen LogP contribution < -0.4 is 4.74 Å². The van der Waals surface area contributed by atoms with Gasteiger partial charge in [0, 0.05) is 17.8 Å². The molecule has 0 saturated heterocycles. The van der Waals surface area contributed by atoms with Crippen molar-refractivity contribution in [1.29, 1.82) is 0 Å². The fourth-order valence-electron chi connectivity index (χ4n) is 1.96. The first kappa shape index (κ1) is 15.3. The standard InChI is InChI=1S/C16H13BrO4/c1-10(18)21-15-13(3-2-4-14(15)16(19)20)12-7-5-11(9-17)6-8-12/h2-8H,9H2,1H3,(H,19,20). The molecule has 2 rings (SSSR count). The van der Waals surface area contributed by atoms with Crippen molar-refractivity contribution in [2.45, 2.75) is 12.3 Å². The normalized spacial score (nSPS) is 10.2. The van der Waals surface area contributed by atoms with Gasteiger partial charge in [0.25, 0.3) is 0 Å². The number of aromatic carboxylic acids is 1. The van der Waals surface area contributed by atoms with Crippen molar-refractivity contribution in [3.63, 3.8) is 0 Å². The summed E-state index contributed by atoms with van der Waals surface area (Å²) in [6.07, 6.45) is 0. The molecule has 0 aliphatic heterocycles. The van der Waals surface area contributed by atoms with E-state index in [4.69, 9.17) is 4.74 Å². The SMILES string of the molecule is CC(=O)Oc1c(C(=O)O)cccc1-c1ccc(CBr)cc1. The molecule has 1 N–H and O–H groups in total. The van der Waals surface area contributed by atoms with Crippen molar-refractivity contribution in [3.05, 3.63) is 53.6 Å². The molecule has 108 valence electrons. The van der Waals surface area contributed by atoms with E-state index in [0.29, 0.717) is 5.56 Å². The highest BCUT2D eigenvalue weighted by Crippen LogP contribution is 2.33. The molecule has 0 unspecified atom stereocenters. The predicted molar refractivity (Wildman–Crippen MR) is 82.8 cm³/mol. The second-order valence-electron chi connectivity index (χ2n) is 4.41. The monoisotopic (exact) mass is 348 g/mol. The van der Waals surface area contributed by atoms with Gasteiger partial charge in [-0.1, -0.05) is 52.3 Å². The van der Waals surface area contributed by atoms with Gasteiger partial charge in [0.1, 0.15) is 5.56 Å². The molecule has 5 heteroatoms. The number of hydrogen-bond acceptors (Lipinski definition) is 3. The molecule has 0 spiro atoms. The van der Waals surface area contributed by atoms with Crippen molar-refractivity contribution >= 4 is 27.9 Å². The molecule has 0 bridgehead atoms. The van der Waals surface area contributed by atoms with Crippen LogP contribution in [0.1, 0.15) is 22.8 Å². The maximum atomic E-state index is 11.3. The maximum Gasteiger partial charge on any atom is 0.339 e. The lowest BCUT2D eigenvalue weighted by molar-refractivity contribution is -0.131. The number of rotatable bonds is 4. The van der Waals surface area contributed by atoms with Crippen LogP contribution in [0.4, 0.5) is 0 Å². The molecule has 0 radical (unpaired) electrons. The number of carbonyl (C=O) groups is 2. The molecule has 0 aromatic heterocycles. The summed E-state index contributed by atoms with van der Waals surface area (Å²) in [7, 11) is 0. The second kappa shape index (κ2) is 6.54. The molecule has 0 aliphatic carbocycles. The topological polar surface area (TPSA) is 63.6 Å². The van der Waals surface area contributed by atoms with Crippen LogP contribution in [-0.4, -0.2) is 17.0 Å². The van der Waals surface area contributed by atoms with Crippen molar-refractivity contribution in [1.82, 2.24) is 0 Å². The van der Waals surface area contributed by atoms with Crippen LogP contribution in [0.3, 0.4) is 0 Å². The summed E-state index contributed by atoms with van der Waals surface area (Å²) in [6.45, 7) is 1.25. The molecule has 0 aliphatic rings. The molecule has 2 aromatic carbocycles. The number of halogens is 1. The Morgan fingerprint density at radius 2 is 1.81 bits per heavy atom. The molecule has 4 nitrogen and oxygen atoms in total. The summed E-state index contributed by atoms with van der Waals surface area (Å²) in [6, 6.07) is 12.4. The van der Waals surface area contributed by atoms with Gasteiger partial charge >= 0.3 is 11.9 Å². The van der Waals surface area contributed by atoms with Gasteiger partial charge in [0.05, 0.1) is 0 Å². The van der Waals surface area contributed by atoms with Gasteiger partial charge in [-0.05, 0) is 17.2 Å². The Morgan fingerprint density at radius 3 is 2.33 bits per heavy atom. The Balaban J connectivity index is 2.57. The van der Waals surface area contributed by atoms with Gasteiger partial charge in [0.2, 0.25) is 0 Å². The first-order chi connectivity index (χ1) is 10.0. The van der Waals surface area contributed by atoms with Gasteiger partial charge in [-0.3, -0.25) is 4.79 Å². The number of carbonyl (C=O) groups excluding carboxylic acids is 1. The predicted octanol–water partition coefficient (Wildman–Crippen LogP) is 3.87. The van der Waals surface area contributed by atoms with Gasteiger partial charge < -0.3 is 9.84 Å². The van der Waals surface area contributed by atoms with E-state index in [0.717, 1.165) is 16.5 Å². The quantitative estimate of drug-likeness (QED) is 0.517. The van der Waals surface area contributed by atoms with E-state index < -0.39 is 11.9 Å². The minimum absolute atomic E-state index is 0.0349. The largest absolute Gasteiger partial charge is 0.478 e. The molecule has 0 saturated carbocycles. The average molecular weight is 349 g/mol. The van der Waals surface area contributed by atoms with Crippen molar-refractivity contribution < 1.29 is 19.4 Å². The third-order valence-electron chi connectivity index (χ3n) is 2.91. The number of para-hydroxylation sites is 1. The third-order valence-corrected chi connectivity index (χ3v) is 3.56. The molecule has 0 amide bonds. The lowest BCUT2D eigenvalue weighted by atomic mass is 10.0. The first-order valence-electron chi connectivity index (χ1n) is 6.23. The zero-order chi connectivity index (χ0) is 15.4. The molecule has 2 aromatic rings. The van der Waals surface area contributed by atoms with E-state index in [-0.39, 0.29) is 11.3 Å². The van der Waals surface area contributed by atoms with Crippen molar-refractivity contribution in [2.75, 3.05) is 0 Å². The number of carboxylic acid groups (broad SMARTS) is 1. The Morgan fingerprint density at radius 1 is 1.14 bits per heavy atom. The van der Waals surface area contributed by atoms with Crippen molar-refractivity contribution in [2.24, 2.45) is 0 Å². The Hall–Kier alpha value is -2.14. The number of alkyl halides is 1. The minimum Gasteiger partial charge on any atom is -0.478 e. The van der Waals surface area contributed by atoms with Crippen LogP contribution in [0.15, 0.2) is 42.5 Å². The number of carboxylic acids is 1. The highest BCUT2D eigenvalue weighted by Gasteiger charge is 2.18. The van der Waals surface area contributed by atoms with Gasteiger partial charge in [-0.25, -0.2) is 4.79 Å². The Labute approximate surface area is 130 Å². The van der Waals surface area contributed by atoms with Gasteiger partial charge in [0.15, 0.2) is 5.75 Å². The number of hydrogen-bond donors (Lipinski definition) is 1. The number of benzene rings is 2. The molecule has 0 atom stereocenters. The van der Waals surface area contributed by atoms with Crippen LogP contribution in [0, 0.1) is 0 Å². The molecular weight excluding hydrogens is 336 g/mol. The molecule has 0 heterocycles. The summed E-state index contributed by atoms with van der Waals surface area (Å²) < 4.78 is 5.12. The lowest BCUT2D eigenvalue weighted by Crippen LogP contribution is -2.08. The van der Waals surface area contributed by atoms with E-state index in [1.807, 2.05) is 24.3 Å². The van der Waals surface area contributed by atoms with E-state index in [1.54, 1.807) is 12.1 Å². The smallest absolute Gasteiger partial charge is 0.339 e. The number of esters is 1. The summed E-state index contributed by atoms with van der Waals surface area (Å²) in [5.74, 6) is -1.61. The molecular formula is C16H13BrO4. The zero-order valence-electron chi connectivity index (χ0n) is 11.3. The Kier molecular flexibility index (Phi) is 4.75. The Bertz CT molecular complexity index is 677. The van der Waals surface area contributed by atoms with E-state index in [1.165, 1.54) is 13.0 Å². The van der Waals surface area contributed by atoms with E-state index in [9.17, 15) is 14.7 Å². The van der Waals surface area contributed by atoms with Crippen LogP contribution in [0.25, 0.3) is 11.1 Å². The second-order valence-corrected chi connectivity index (χ2v) is 4.97. The third kappa shape index (κ3) is 3.49. The summed E-state index contributed by atoms with van der Waals surface area (Å²) in [5, 5.41) is 9.97. The van der Waals surface area contributed by atoms with E-state index >= 15 is 0 Å². The highest BCUT2D eigenvalue weighted by atomic mass is 79.9. The van der Waals surface area contributed by atoms with Crippen LogP contribution >= 0.6 is 15.9 Å². The fraction of sp³-hybridized carbons (Fsp3) is 0.125. The average Bonchev–Trinajstić information content (AvgIpc) is 2.47. The summed E-state index contributed by atoms with van der Waals surface area (Å²) >= 11 is 3.37. The molecule has 21 heavy (non-hydrogen) atoms. The zero-order valence-corrected chi connectivity index (χ0v) is 12.9. The summed E-state index contributed by atoms with van der Waals surface area (Å²) in [5.41, 5.74) is 2.43. The molecule has 0 fully saturated rings. The highest BCUT2D eigenvalue weighted by molar-refractivity contribution is 9.08.